The number of amides is 2. The first-order valence-electron chi connectivity index (χ1n) is 7.65. The van der Waals surface area contributed by atoms with E-state index in [2.05, 4.69) is 15.3 Å². The van der Waals surface area contributed by atoms with Crippen molar-refractivity contribution in [1.82, 2.24) is 9.97 Å². The Morgan fingerprint density at radius 2 is 2.22 bits per heavy atom. The topological polar surface area (TPSA) is 103 Å². The quantitative estimate of drug-likeness (QED) is 0.651. The van der Waals surface area contributed by atoms with E-state index < -0.39 is 12.0 Å². The van der Waals surface area contributed by atoms with Crippen LogP contribution in [0, 0.1) is 0 Å². The fourth-order valence-corrected chi connectivity index (χ4v) is 4.30. The second-order valence-corrected chi connectivity index (χ2v) is 6.98. The van der Waals surface area contributed by atoms with Crippen molar-refractivity contribution >= 4 is 62.3 Å². The van der Waals surface area contributed by atoms with Crippen molar-refractivity contribution in [3.63, 3.8) is 0 Å². The van der Waals surface area contributed by atoms with Gasteiger partial charge in [-0.25, -0.2) is 24.5 Å². The van der Waals surface area contributed by atoms with E-state index in [1.165, 1.54) is 18.3 Å². The van der Waals surface area contributed by atoms with Gasteiger partial charge in [0, 0.05) is 0 Å². The molecule has 0 aliphatic carbocycles. The maximum absolute atomic E-state index is 13.0. The number of ether oxygens (including phenoxy) is 3. The van der Waals surface area contributed by atoms with E-state index in [1.807, 2.05) is 0 Å². The monoisotopic (exact) mass is 404 g/mol. The number of benzene rings is 1. The number of fused-ring (bicyclic) bond motifs is 1. The number of halogens is 1. The third-order valence-electron chi connectivity index (χ3n) is 4.17. The molecule has 27 heavy (non-hydrogen) atoms. The molecular formula is C16H9ClN4O5S. The number of anilines is 3. The Hall–Kier alpha value is -3.11. The van der Waals surface area contributed by atoms with Crippen LogP contribution in [0.25, 0.3) is 10.2 Å². The van der Waals surface area contributed by atoms with Crippen LogP contribution in [0.2, 0.25) is 5.02 Å². The SMILES string of the molecule is COC(=O)c1sc2ncnc3c2c1NC(=O)N3c1c(Cl)ccc2c1OCO2. The molecule has 136 valence electrons. The van der Waals surface area contributed by atoms with Crippen molar-refractivity contribution in [3.8, 4) is 11.5 Å². The third-order valence-corrected chi connectivity index (χ3v) is 5.56. The molecule has 0 saturated carbocycles. The number of rotatable bonds is 2. The number of esters is 1. The summed E-state index contributed by atoms with van der Waals surface area (Å²) >= 11 is 7.48. The minimum Gasteiger partial charge on any atom is -0.465 e. The summed E-state index contributed by atoms with van der Waals surface area (Å²) in [5.41, 5.74) is 0.625. The average Bonchev–Trinajstić information content (AvgIpc) is 3.28. The largest absolute Gasteiger partial charge is 0.465 e. The first kappa shape index (κ1) is 16.1. The fourth-order valence-electron chi connectivity index (χ4n) is 3.05. The number of hydrogen-bond acceptors (Lipinski definition) is 8. The average molecular weight is 405 g/mol. The standard InChI is InChI=1S/C16H9ClN4O5S/c1-24-15(22)12-9-8-13(18-4-19-14(8)27-12)21(16(23)20-9)10-6(17)2-3-7-11(10)26-5-25-7/h2-4H,5H2,1H3,(H,20,23). The molecular weight excluding hydrogens is 396 g/mol. The van der Waals surface area contributed by atoms with Gasteiger partial charge < -0.3 is 19.5 Å². The molecule has 2 aliphatic rings. The Morgan fingerprint density at radius 3 is 3.04 bits per heavy atom. The molecule has 1 N–H and O–H groups in total. The predicted octanol–water partition coefficient (Wildman–Crippen LogP) is 3.54. The predicted molar refractivity (Wildman–Crippen MR) is 97.5 cm³/mol. The Balaban J connectivity index is 1.79. The molecule has 5 rings (SSSR count). The molecule has 11 heteroatoms. The van der Waals surface area contributed by atoms with Crippen LogP contribution in [0.5, 0.6) is 11.5 Å². The zero-order chi connectivity index (χ0) is 18.7. The minimum absolute atomic E-state index is 0.0213. The van der Waals surface area contributed by atoms with Crippen LogP contribution in [-0.2, 0) is 4.74 Å². The van der Waals surface area contributed by atoms with Crippen molar-refractivity contribution in [2.24, 2.45) is 0 Å². The zero-order valence-corrected chi connectivity index (χ0v) is 15.2. The van der Waals surface area contributed by atoms with Crippen molar-refractivity contribution in [3.05, 3.63) is 28.4 Å². The minimum atomic E-state index is -0.567. The Kier molecular flexibility index (Phi) is 3.39. The van der Waals surface area contributed by atoms with E-state index in [9.17, 15) is 9.59 Å². The molecule has 0 fully saturated rings. The Morgan fingerprint density at radius 1 is 1.37 bits per heavy atom. The van der Waals surface area contributed by atoms with Crippen LogP contribution in [0.15, 0.2) is 18.5 Å². The smallest absolute Gasteiger partial charge is 0.350 e. The fraction of sp³-hybridized carbons (Fsp3) is 0.125. The Labute approximate surface area is 160 Å². The molecule has 4 heterocycles. The zero-order valence-electron chi connectivity index (χ0n) is 13.6. The second-order valence-electron chi connectivity index (χ2n) is 5.57. The second kappa shape index (κ2) is 5.69. The van der Waals surface area contributed by atoms with E-state index in [4.69, 9.17) is 25.8 Å². The highest BCUT2D eigenvalue weighted by molar-refractivity contribution is 7.21. The third kappa shape index (κ3) is 2.17. The lowest BCUT2D eigenvalue weighted by Crippen LogP contribution is -2.35. The highest BCUT2D eigenvalue weighted by atomic mass is 35.5. The van der Waals surface area contributed by atoms with Gasteiger partial charge in [-0.1, -0.05) is 11.6 Å². The van der Waals surface area contributed by atoms with Gasteiger partial charge in [0.1, 0.15) is 21.7 Å². The number of urea groups is 1. The molecule has 3 aromatic rings. The van der Waals surface area contributed by atoms with Crippen molar-refractivity contribution in [2.75, 3.05) is 24.1 Å². The van der Waals surface area contributed by atoms with Gasteiger partial charge in [0.2, 0.25) is 6.79 Å². The highest BCUT2D eigenvalue weighted by Crippen LogP contribution is 2.51. The summed E-state index contributed by atoms with van der Waals surface area (Å²) in [5.74, 6) is 0.536. The molecule has 2 amide bonds. The van der Waals surface area contributed by atoms with Crippen molar-refractivity contribution in [1.29, 1.82) is 0 Å². The lowest BCUT2D eigenvalue weighted by molar-refractivity contribution is 0.0607. The number of carbonyl (C=O) groups is 2. The summed E-state index contributed by atoms with van der Waals surface area (Å²) in [6.07, 6.45) is 1.32. The van der Waals surface area contributed by atoms with E-state index >= 15 is 0 Å². The molecule has 9 nitrogen and oxygen atoms in total. The molecule has 0 radical (unpaired) electrons. The number of nitrogens with one attached hydrogen (secondary N) is 1. The van der Waals surface area contributed by atoms with Gasteiger partial charge in [0.05, 0.1) is 23.2 Å². The number of hydrogen-bond donors (Lipinski definition) is 1. The van der Waals surface area contributed by atoms with Crippen molar-refractivity contribution in [2.45, 2.75) is 0 Å². The van der Waals surface area contributed by atoms with Gasteiger partial charge in [-0.2, -0.15) is 0 Å². The highest BCUT2D eigenvalue weighted by Gasteiger charge is 2.37. The summed E-state index contributed by atoms with van der Waals surface area (Å²) < 4.78 is 15.7. The normalized spacial score (nSPS) is 14.4. The summed E-state index contributed by atoms with van der Waals surface area (Å²) in [7, 11) is 1.27. The maximum atomic E-state index is 13.0. The van der Waals surface area contributed by atoms with Gasteiger partial charge in [-0.05, 0) is 12.1 Å². The number of nitrogens with zero attached hydrogens (tertiary/aromatic N) is 3. The van der Waals surface area contributed by atoms with E-state index in [1.54, 1.807) is 12.1 Å². The molecule has 0 spiro atoms. The van der Waals surface area contributed by atoms with Gasteiger partial charge in [0.15, 0.2) is 17.3 Å². The molecule has 0 atom stereocenters. The van der Waals surface area contributed by atoms with Crippen LogP contribution in [-0.4, -0.2) is 35.9 Å². The Bertz CT molecular complexity index is 1150. The lowest BCUT2D eigenvalue weighted by atomic mass is 10.2. The molecule has 1 aromatic carbocycles. The number of aromatic nitrogens is 2. The van der Waals surface area contributed by atoms with Crippen LogP contribution in [0.3, 0.4) is 0 Å². The van der Waals surface area contributed by atoms with Gasteiger partial charge in [-0.3, -0.25) is 0 Å². The van der Waals surface area contributed by atoms with Gasteiger partial charge >= 0.3 is 12.0 Å². The molecule has 0 bridgehead atoms. The van der Waals surface area contributed by atoms with Crippen LogP contribution >= 0.6 is 22.9 Å². The first-order valence-corrected chi connectivity index (χ1v) is 8.84. The van der Waals surface area contributed by atoms with Crippen LogP contribution < -0.4 is 19.7 Å². The first-order chi connectivity index (χ1) is 13.1. The number of thiophene rings is 1. The van der Waals surface area contributed by atoms with Crippen LogP contribution in [0.4, 0.5) is 22.0 Å². The summed E-state index contributed by atoms with van der Waals surface area (Å²) in [5, 5.41) is 3.53. The molecule has 2 aliphatic heterocycles. The summed E-state index contributed by atoms with van der Waals surface area (Å²) in [6.45, 7) is 0.0213. The molecule has 0 saturated heterocycles. The lowest BCUT2D eigenvalue weighted by Gasteiger charge is -2.28. The molecule has 2 aromatic heterocycles. The van der Waals surface area contributed by atoms with E-state index in [-0.39, 0.29) is 22.5 Å². The number of carbonyl (C=O) groups excluding carboxylic acids is 2. The van der Waals surface area contributed by atoms with Gasteiger partial charge in [-0.15, -0.1) is 11.3 Å². The van der Waals surface area contributed by atoms with Gasteiger partial charge in [0.25, 0.3) is 0 Å². The van der Waals surface area contributed by atoms with Crippen LogP contribution in [0.1, 0.15) is 9.67 Å². The maximum Gasteiger partial charge on any atom is 0.350 e. The van der Waals surface area contributed by atoms with E-state index in [0.29, 0.717) is 33.1 Å². The van der Waals surface area contributed by atoms with E-state index in [0.717, 1.165) is 11.3 Å². The number of methoxy groups -OCH3 is 1. The summed E-state index contributed by atoms with van der Waals surface area (Å²) in [4.78, 5) is 35.6. The van der Waals surface area contributed by atoms with Crippen molar-refractivity contribution < 1.29 is 23.8 Å². The molecule has 0 unspecified atom stereocenters. The summed E-state index contributed by atoms with van der Waals surface area (Å²) in [6, 6.07) is 2.73.